The average molecular weight is 251 g/mol. The van der Waals surface area contributed by atoms with Crippen molar-refractivity contribution in [3.63, 3.8) is 0 Å². The van der Waals surface area contributed by atoms with Crippen molar-refractivity contribution in [3.05, 3.63) is 24.0 Å². The molecule has 4 nitrogen and oxygen atoms in total. The van der Waals surface area contributed by atoms with E-state index in [4.69, 9.17) is 5.73 Å². The van der Waals surface area contributed by atoms with Crippen LogP contribution in [0, 0.1) is 5.82 Å². The molecule has 2 rings (SSSR count). The molecule has 2 N–H and O–H groups in total. The summed E-state index contributed by atoms with van der Waals surface area (Å²) in [7, 11) is 3.94. The third-order valence-corrected chi connectivity index (χ3v) is 3.42. The van der Waals surface area contributed by atoms with Crippen LogP contribution in [0.25, 0.3) is 0 Å². The van der Waals surface area contributed by atoms with E-state index in [1.165, 1.54) is 12.1 Å². The second-order valence-corrected chi connectivity index (χ2v) is 4.86. The first-order chi connectivity index (χ1) is 8.49. The van der Waals surface area contributed by atoms with Gasteiger partial charge in [0.05, 0.1) is 5.69 Å². The van der Waals surface area contributed by atoms with E-state index in [9.17, 15) is 9.18 Å². The molecule has 1 aromatic carbocycles. The summed E-state index contributed by atoms with van der Waals surface area (Å²) in [5.74, 6) is -0.445. The number of piperidine rings is 1. The Hall–Kier alpha value is -1.62. The van der Waals surface area contributed by atoms with Crippen molar-refractivity contribution in [1.29, 1.82) is 0 Å². The Morgan fingerprint density at radius 2 is 2.17 bits per heavy atom. The highest BCUT2D eigenvalue weighted by molar-refractivity contribution is 5.94. The van der Waals surface area contributed by atoms with Crippen molar-refractivity contribution in [3.8, 4) is 0 Å². The van der Waals surface area contributed by atoms with E-state index in [0.717, 1.165) is 6.42 Å². The third kappa shape index (κ3) is 2.46. The lowest BCUT2D eigenvalue weighted by molar-refractivity contribution is -0.120. The number of hydrogen-bond acceptors (Lipinski definition) is 3. The van der Waals surface area contributed by atoms with Crippen LogP contribution in [0.2, 0.25) is 0 Å². The van der Waals surface area contributed by atoms with Gasteiger partial charge in [0.1, 0.15) is 5.82 Å². The molecule has 1 aliphatic rings. The number of halogens is 1. The zero-order chi connectivity index (χ0) is 13.3. The zero-order valence-corrected chi connectivity index (χ0v) is 10.7. The maximum atomic E-state index is 13.4. The summed E-state index contributed by atoms with van der Waals surface area (Å²) in [4.78, 5) is 15.7. The Balaban J connectivity index is 2.15. The fraction of sp³-hybridized carbons (Fsp3) is 0.462. The quantitative estimate of drug-likeness (QED) is 0.810. The van der Waals surface area contributed by atoms with Gasteiger partial charge in [-0.25, -0.2) is 4.39 Å². The number of anilines is 2. The predicted octanol–water partition coefficient (Wildman–Crippen LogP) is 1.46. The zero-order valence-electron chi connectivity index (χ0n) is 10.7. The van der Waals surface area contributed by atoms with Crippen molar-refractivity contribution >= 4 is 17.3 Å². The van der Waals surface area contributed by atoms with E-state index < -0.39 is 5.82 Å². The smallest absolute Gasteiger partial charge is 0.228 e. The van der Waals surface area contributed by atoms with Crippen LogP contribution >= 0.6 is 0 Å². The Bertz CT molecular complexity index is 462. The van der Waals surface area contributed by atoms with Crippen LogP contribution in [-0.2, 0) is 4.79 Å². The van der Waals surface area contributed by atoms with Crippen LogP contribution in [0.4, 0.5) is 15.8 Å². The molecule has 0 spiro atoms. The molecule has 98 valence electrons. The van der Waals surface area contributed by atoms with Crippen LogP contribution in [0.3, 0.4) is 0 Å². The van der Waals surface area contributed by atoms with Gasteiger partial charge in [-0.3, -0.25) is 4.79 Å². The van der Waals surface area contributed by atoms with E-state index in [-0.39, 0.29) is 17.6 Å². The molecule has 1 atom stereocenters. The minimum atomic E-state index is -0.477. The van der Waals surface area contributed by atoms with E-state index in [1.54, 1.807) is 11.0 Å². The van der Waals surface area contributed by atoms with Gasteiger partial charge in [0.2, 0.25) is 5.91 Å². The first kappa shape index (κ1) is 12.8. The fourth-order valence-corrected chi connectivity index (χ4v) is 2.21. The maximum Gasteiger partial charge on any atom is 0.228 e. The van der Waals surface area contributed by atoms with Gasteiger partial charge in [-0.15, -0.1) is 0 Å². The summed E-state index contributed by atoms with van der Waals surface area (Å²) in [5.41, 5.74) is 6.12. The van der Waals surface area contributed by atoms with Gasteiger partial charge in [-0.05, 0) is 38.7 Å². The van der Waals surface area contributed by atoms with Gasteiger partial charge < -0.3 is 15.5 Å². The van der Waals surface area contributed by atoms with E-state index in [2.05, 4.69) is 4.90 Å². The van der Waals surface area contributed by atoms with Crippen LogP contribution in [0.1, 0.15) is 12.8 Å². The summed E-state index contributed by atoms with van der Waals surface area (Å²) in [5, 5.41) is 0. The van der Waals surface area contributed by atoms with Gasteiger partial charge in [0, 0.05) is 24.7 Å². The number of hydrogen-bond donors (Lipinski definition) is 1. The molecule has 0 saturated carbocycles. The van der Waals surface area contributed by atoms with Gasteiger partial charge in [-0.2, -0.15) is 0 Å². The van der Waals surface area contributed by atoms with Crippen LogP contribution in [0.15, 0.2) is 18.2 Å². The molecule has 18 heavy (non-hydrogen) atoms. The molecule has 1 saturated heterocycles. The van der Waals surface area contributed by atoms with Gasteiger partial charge >= 0.3 is 0 Å². The number of nitrogen functional groups attached to an aromatic ring is 1. The SMILES string of the molecule is CN(C)C1CCN(c2ccc(N)c(F)c2)C(=O)C1. The summed E-state index contributed by atoms with van der Waals surface area (Å²) in [6.07, 6.45) is 1.36. The largest absolute Gasteiger partial charge is 0.396 e. The fourth-order valence-electron chi connectivity index (χ4n) is 2.21. The number of carbonyl (C=O) groups is 1. The maximum absolute atomic E-state index is 13.4. The molecule has 1 aliphatic heterocycles. The lowest BCUT2D eigenvalue weighted by Gasteiger charge is -2.34. The standard InChI is InChI=1S/C13H18FN3O/c1-16(2)9-5-6-17(13(18)8-9)10-3-4-12(15)11(14)7-10/h3-4,7,9H,5-6,8,15H2,1-2H3. The number of rotatable bonds is 2. The van der Waals surface area contributed by atoms with Crippen molar-refractivity contribution in [2.24, 2.45) is 0 Å². The normalized spacial score (nSPS) is 20.6. The summed E-state index contributed by atoms with van der Waals surface area (Å²) in [6.45, 7) is 0.616. The van der Waals surface area contributed by atoms with E-state index >= 15 is 0 Å². The molecular weight excluding hydrogens is 233 g/mol. The van der Waals surface area contributed by atoms with Crippen molar-refractivity contribution in [2.75, 3.05) is 31.3 Å². The topological polar surface area (TPSA) is 49.6 Å². The van der Waals surface area contributed by atoms with Gasteiger partial charge in [0.15, 0.2) is 0 Å². The molecule has 1 amide bonds. The first-order valence-electron chi connectivity index (χ1n) is 6.01. The van der Waals surface area contributed by atoms with E-state index in [1.807, 2.05) is 14.1 Å². The number of carbonyl (C=O) groups excluding carboxylic acids is 1. The molecule has 5 heteroatoms. The molecule has 0 aromatic heterocycles. The Morgan fingerprint density at radius 1 is 1.44 bits per heavy atom. The molecule has 1 aromatic rings. The molecule has 1 fully saturated rings. The van der Waals surface area contributed by atoms with Crippen LogP contribution in [0.5, 0.6) is 0 Å². The monoisotopic (exact) mass is 251 g/mol. The minimum absolute atomic E-state index is 0.0316. The van der Waals surface area contributed by atoms with Gasteiger partial charge in [-0.1, -0.05) is 0 Å². The number of amides is 1. The molecule has 0 bridgehead atoms. The van der Waals surface area contributed by atoms with E-state index in [0.29, 0.717) is 18.7 Å². The van der Waals surface area contributed by atoms with Crippen molar-refractivity contribution in [2.45, 2.75) is 18.9 Å². The Kier molecular flexibility index (Phi) is 3.52. The van der Waals surface area contributed by atoms with Crippen molar-refractivity contribution in [1.82, 2.24) is 4.90 Å². The molecule has 1 unspecified atom stereocenters. The van der Waals surface area contributed by atoms with Crippen LogP contribution < -0.4 is 10.6 Å². The minimum Gasteiger partial charge on any atom is -0.396 e. The highest BCUT2D eigenvalue weighted by Gasteiger charge is 2.28. The molecule has 0 aliphatic carbocycles. The predicted molar refractivity (Wildman–Crippen MR) is 69.9 cm³/mol. The second kappa shape index (κ2) is 4.94. The number of nitrogens with two attached hydrogens (primary N) is 1. The lowest BCUT2D eigenvalue weighted by Crippen LogP contribution is -2.45. The van der Waals surface area contributed by atoms with Gasteiger partial charge in [0.25, 0.3) is 0 Å². The molecule has 0 radical (unpaired) electrons. The molecule has 1 heterocycles. The average Bonchev–Trinajstić information content (AvgIpc) is 2.32. The summed E-state index contributed by atoms with van der Waals surface area (Å²) in [6, 6.07) is 4.78. The number of benzene rings is 1. The highest BCUT2D eigenvalue weighted by atomic mass is 19.1. The third-order valence-electron chi connectivity index (χ3n) is 3.42. The second-order valence-electron chi connectivity index (χ2n) is 4.86. The van der Waals surface area contributed by atoms with Crippen LogP contribution in [-0.4, -0.2) is 37.5 Å². The Labute approximate surface area is 106 Å². The highest BCUT2D eigenvalue weighted by Crippen LogP contribution is 2.25. The van der Waals surface area contributed by atoms with Crippen molar-refractivity contribution < 1.29 is 9.18 Å². The summed E-state index contributed by atoms with van der Waals surface area (Å²) < 4.78 is 13.4. The Morgan fingerprint density at radius 3 is 2.72 bits per heavy atom. The lowest BCUT2D eigenvalue weighted by atomic mass is 10.0. The molecular formula is C13H18FN3O. The summed E-state index contributed by atoms with van der Waals surface area (Å²) >= 11 is 0. The first-order valence-corrected chi connectivity index (χ1v) is 6.01. The number of nitrogens with zero attached hydrogens (tertiary/aromatic N) is 2.